The molecule has 0 fully saturated rings. The fraction of sp³-hybridized carbons (Fsp3) is 0.933. The van der Waals surface area contributed by atoms with Crippen LogP contribution >= 0.6 is 0 Å². The van der Waals surface area contributed by atoms with E-state index in [1.165, 1.54) is 44.9 Å². The molecule has 120 valence electrons. The molecule has 0 radical (unpaired) electrons. The van der Waals surface area contributed by atoms with Crippen LogP contribution in [-0.4, -0.2) is 24.3 Å². The Kier molecular flexibility index (Phi) is 12.5. The maximum atomic E-state index is 11.5. The summed E-state index contributed by atoms with van der Waals surface area (Å²) < 4.78 is 10.8. The van der Waals surface area contributed by atoms with Gasteiger partial charge in [0.1, 0.15) is 0 Å². The van der Waals surface area contributed by atoms with Crippen LogP contribution in [0.3, 0.4) is 0 Å². The van der Waals surface area contributed by atoms with E-state index in [4.69, 9.17) is 8.54 Å². The lowest BCUT2D eigenvalue weighted by atomic mass is 10.1. The van der Waals surface area contributed by atoms with Crippen molar-refractivity contribution in [3.8, 4) is 0 Å². The lowest BCUT2D eigenvalue weighted by Gasteiger charge is -2.16. The van der Waals surface area contributed by atoms with Crippen molar-refractivity contribution in [2.75, 3.05) is 0 Å². The molecule has 0 heterocycles. The number of hydrogen-bond acceptors (Lipinski definition) is 3. The van der Waals surface area contributed by atoms with E-state index in [1.54, 1.807) is 0 Å². The van der Waals surface area contributed by atoms with Crippen molar-refractivity contribution in [1.82, 2.24) is 0 Å². The molecular formula is C15H34O3Si2. The average molecular weight is 319 g/mol. The highest BCUT2D eigenvalue weighted by atomic mass is 28.4. The molecule has 0 aliphatic heterocycles. The van der Waals surface area contributed by atoms with Crippen LogP contribution in [0.4, 0.5) is 0 Å². The first-order valence-corrected chi connectivity index (χ1v) is 12.8. The van der Waals surface area contributed by atoms with Gasteiger partial charge in [-0.25, -0.2) is 0 Å². The summed E-state index contributed by atoms with van der Waals surface area (Å²) in [5.74, 6) is -0.0575. The molecule has 0 aliphatic rings. The molecule has 0 amide bonds. The largest absolute Gasteiger partial charge is 0.500 e. The van der Waals surface area contributed by atoms with Crippen molar-refractivity contribution < 1.29 is 13.3 Å². The quantitative estimate of drug-likeness (QED) is 0.375. The van der Waals surface area contributed by atoms with Crippen LogP contribution in [0.15, 0.2) is 0 Å². The normalized spacial score (nSPS) is 12.2. The van der Waals surface area contributed by atoms with Gasteiger partial charge in [-0.15, -0.1) is 0 Å². The summed E-state index contributed by atoms with van der Waals surface area (Å²) in [4.78, 5) is 11.5. The van der Waals surface area contributed by atoms with Gasteiger partial charge in [-0.1, -0.05) is 58.3 Å². The second-order valence-electron chi connectivity index (χ2n) is 6.47. The number of unbranched alkanes of at least 4 members (excludes halogenated alkanes) is 8. The molecule has 0 rings (SSSR count). The summed E-state index contributed by atoms with van der Waals surface area (Å²) in [6.45, 7) is 8.60. The van der Waals surface area contributed by atoms with Crippen molar-refractivity contribution >= 4 is 24.3 Å². The van der Waals surface area contributed by atoms with Gasteiger partial charge in [0.2, 0.25) is 0 Å². The maximum absolute atomic E-state index is 11.5. The molecule has 0 unspecified atom stereocenters. The fourth-order valence-electron chi connectivity index (χ4n) is 1.92. The van der Waals surface area contributed by atoms with Crippen molar-refractivity contribution in [3.05, 3.63) is 0 Å². The van der Waals surface area contributed by atoms with Crippen LogP contribution in [0, 0.1) is 0 Å². The van der Waals surface area contributed by atoms with Gasteiger partial charge in [0, 0.05) is 6.42 Å². The Bertz CT molecular complexity index is 240. The van der Waals surface area contributed by atoms with Gasteiger partial charge in [-0.2, -0.15) is 0 Å². The van der Waals surface area contributed by atoms with Gasteiger partial charge < -0.3 is 8.54 Å². The minimum absolute atomic E-state index is 0.0575. The maximum Gasteiger partial charge on any atom is 0.358 e. The Morgan fingerprint density at radius 3 is 1.90 bits per heavy atom. The molecule has 0 aliphatic carbocycles. The lowest BCUT2D eigenvalue weighted by molar-refractivity contribution is -0.135. The molecule has 0 aromatic rings. The van der Waals surface area contributed by atoms with E-state index in [0.29, 0.717) is 6.42 Å². The summed E-state index contributed by atoms with van der Waals surface area (Å²) >= 11 is 0. The monoisotopic (exact) mass is 318 g/mol. The predicted molar refractivity (Wildman–Crippen MR) is 90.9 cm³/mol. The zero-order valence-corrected chi connectivity index (χ0v) is 16.4. The molecule has 0 bridgehead atoms. The van der Waals surface area contributed by atoms with Crippen LogP contribution in [0.2, 0.25) is 19.6 Å². The summed E-state index contributed by atoms with van der Waals surface area (Å²) in [6, 6.07) is 0. The number of carbonyl (C=O) groups excluding carboxylic acids is 1. The van der Waals surface area contributed by atoms with Crippen molar-refractivity contribution in [1.29, 1.82) is 0 Å². The molecule has 0 aromatic carbocycles. The third-order valence-electron chi connectivity index (χ3n) is 3.20. The fourth-order valence-corrected chi connectivity index (χ4v) is 3.85. The van der Waals surface area contributed by atoms with E-state index in [1.807, 2.05) is 0 Å². The standard InChI is InChI=1S/C15H34O3Si2/c1-5-6-7-8-9-10-11-12-13-14-15(16)17-19-18-20(2,3)4/h5-14,19H2,1-4H3. The van der Waals surface area contributed by atoms with Crippen LogP contribution in [-0.2, 0) is 13.3 Å². The van der Waals surface area contributed by atoms with Crippen LogP contribution < -0.4 is 0 Å². The lowest BCUT2D eigenvalue weighted by Crippen LogP contribution is -2.29. The van der Waals surface area contributed by atoms with E-state index in [9.17, 15) is 4.79 Å². The third-order valence-corrected chi connectivity index (χ3v) is 7.57. The van der Waals surface area contributed by atoms with Crippen molar-refractivity contribution in [3.63, 3.8) is 0 Å². The zero-order chi connectivity index (χ0) is 15.3. The Morgan fingerprint density at radius 1 is 0.900 bits per heavy atom. The first-order chi connectivity index (χ1) is 9.45. The van der Waals surface area contributed by atoms with Gasteiger partial charge in [0.15, 0.2) is 8.32 Å². The average Bonchev–Trinajstić information content (AvgIpc) is 2.35. The second kappa shape index (κ2) is 12.6. The Hall–Kier alpha value is -0.136. The van der Waals surface area contributed by atoms with Gasteiger partial charge in [0.05, 0.1) is 0 Å². The van der Waals surface area contributed by atoms with E-state index < -0.39 is 18.3 Å². The Morgan fingerprint density at radius 2 is 1.40 bits per heavy atom. The number of hydrogen-bond donors (Lipinski definition) is 0. The summed E-state index contributed by atoms with van der Waals surface area (Å²) in [6.07, 6.45) is 12.0. The number of rotatable bonds is 13. The zero-order valence-electron chi connectivity index (χ0n) is 14.0. The van der Waals surface area contributed by atoms with E-state index >= 15 is 0 Å². The predicted octanol–water partition coefficient (Wildman–Crippen LogP) is 4.30. The second-order valence-corrected chi connectivity index (χ2v) is 12.4. The Balaban J connectivity index is 3.23. The number of carbonyl (C=O) groups is 1. The van der Waals surface area contributed by atoms with Crippen LogP contribution in [0.25, 0.3) is 0 Å². The van der Waals surface area contributed by atoms with Gasteiger partial charge in [-0.05, 0) is 26.1 Å². The highest BCUT2D eigenvalue weighted by Gasteiger charge is 2.14. The summed E-state index contributed by atoms with van der Waals surface area (Å²) in [5, 5.41) is 0. The highest BCUT2D eigenvalue weighted by molar-refractivity contribution is 6.73. The minimum atomic E-state index is -1.50. The van der Waals surface area contributed by atoms with Crippen molar-refractivity contribution in [2.24, 2.45) is 0 Å². The van der Waals surface area contributed by atoms with Crippen LogP contribution in [0.5, 0.6) is 0 Å². The summed E-state index contributed by atoms with van der Waals surface area (Å²) in [5.41, 5.74) is 0. The summed E-state index contributed by atoms with van der Waals surface area (Å²) in [7, 11) is -2.59. The molecule has 0 spiro atoms. The molecule has 5 heteroatoms. The van der Waals surface area contributed by atoms with E-state index in [-0.39, 0.29) is 5.97 Å². The minimum Gasteiger partial charge on any atom is -0.500 e. The molecule has 0 atom stereocenters. The first kappa shape index (κ1) is 19.9. The van der Waals surface area contributed by atoms with Gasteiger partial charge >= 0.3 is 10.0 Å². The SMILES string of the molecule is CCCCCCCCCCCC(=O)O[SiH2]O[Si](C)(C)C. The molecule has 20 heavy (non-hydrogen) atoms. The Labute approximate surface area is 129 Å². The molecule has 0 N–H and O–H groups in total. The molecule has 0 saturated heterocycles. The van der Waals surface area contributed by atoms with Gasteiger partial charge in [-0.3, -0.25) is 4.79 Å². The smallest absolute Gasteiger partial charge is 0.358 e. The molecular weight excluding hydrogens is 284 g/mol. The molecule has 0 saturated carbocycles. The van der Waals surface area contributed by atoms with E-state index in [2.05, 4.69) is 26.6 Å². The topological polar surface area (TPSA) is 35.5 Å². The van der Waals surface area contributed by atoms with E-state index in [0.717, 1.165) is 12.8 Å². The molecule has 0 aromatic heterocycles. The highest BCUT2D eigenvalue weighted by Crippen LogP contribution is 2.10. The van der Waals surface area contributed by atoms with Crippen molar-refractivity contribution in [2.45, 2.75) is 90.8 Å². The van der Waals surface area contributed by atoms with Gasteiger partial charge in [0.25, 0.3) is 5.97 Å². The van der Waals surface area contributed by atoms with Crippen LogP contribution in [0.1, 0.15) is 71.1 Å². The molecule has 3 nitrogen and oxygen atoms in total. The first-order valence-electron chi connectivity index (χ1n) is 8.25. The third kappa shape index (κ3) is 15.9.